The van der Waals surface area contributed by atoms with Crippen molar-refractivity contribution in [2.24, 2.45) is 5.11 Å². The van der Waals surface area contributed by atoms with Gasteiger partial charge in [-0.2, -0.15) is 0 Å². The average Bonchev–Trinajstić information content (AvgIpc) is 2.62. The number of benzene rings is 2. The molecule has 0 saturated heterocycles. The number of aromatic nitrogens is 1. The average molecular weight is 333 g/mol. The highest BCUT2D eigenvalue weighted by Gasteiger charge is 2.24. The first-order chi connectivity index (χ1) is 12.1. The van der Waals surface area contributed by atoms with Gasteiger partial charge in [-0.1, -0.05) is 53.6 Å². The predicted molar refractivity (Wildman–Crippen MR) is 92.9 cm³/mol. The van der Waals surface area contributed by atoms with Crippen molar-refractivity contribution in [3.63, 3.8) is 0 Å². The molecule has 122 valence electrons. The van der Waals surface area contributed by atoms with Crippen LogP contribution in [0.1, 0.15) is 0 Å². The molecular weight excluding hydrogens is 322 g/mol. The smallest absolute Gasteiger partial charge is 0.271 e. The standard InChI is InChI=1S/C17H11N5O3/c18-20-19-14-11-15(12-7-3-1-4-8-12)21(13-9-5-2-6-10-13)17(23)16(14)22(24)25/h1-11H. The van der Waals surface area contributed by atoms with Crippen LogP contribution in [0.3, 0.4) is 0 Å². The minimum absolute atomic E-state index is 0.316. The van der Waals surface area contributed by atoms with Gasteiger partial charge in [-0.05, 0) is 29.3 Å². The lowest BCUT2D eigenvalue weighted by atomic mass is 10.1. The lowest BCUT2D eigenvalue weighted by Crippen LogP contribution is -2.22. The first-order valence-corrected chi connectivity index (χ1v) is 7.24. The summed E-state index contributed by atoms with van der Waals surface area (Å²) in [4.78, 5) is 26.0. The molecule has 0 spiro atoms. The lowest BCUT2D eigenvalue weighted by molar-refractivity contribution is -0.385. The summed E-state index contributed by atoms with van der Waals surface area (Å²) >= 11 is 0. The number of azide groups is 1. The lowest BCUT2D eigenvalue weighted by Gasteiger charge is -2.14. The van der Waals surface area contributed by atoms with Crippen LogP contribution in [0.2, 0.25) is 0 Å². The fourth-order valence-electron chi connectivity index (χ4n) is 2.54. The number of nitrogens with zero attached hydrogens (tertiary/aromatic N) is 5. The van der Waals surface area contributed by atoms with Crippen LogP contribution < -0.4 is 5.56 Å². The molecule has 1 heterocycles. The molecule has 0 aliphatic carbocycles. The van der Waals surface area contributed by atoms with Gasteiger partial charge in [-0.3, -0.25) is 19.5 Å². The molecule has 25 heavy (non-hydrogen) atoms. The van der Waals surface area contributed by atoms with Gasteiger partial charge in [0, 0.05) is 10.6 Å². The van der Waals surface area contributed by atoms with Gasteiger partial charge < -0.3 is 0 Å². The normalized spacial score (nSPS) is 10.1. The van der Waals surface area contributed by atoms with E-state index in [-0.39, 0.29) is 5.69 Å². The first kappa shape index (κ1) is 16.0. The molecule has 0 N–H and O–H groups in total. The fourth-order valence-corrected chi connectivity index (χ4v) is 2.54. The van der Waals surface area contributed by atoms with E-state index in [4.69, 9.17) is 5.53 Å². The number of pyridine rings is 1. The van der Waals surface area contributed by atoms with Gasteiger partial charge in [-0.15, -0.1) is 0 Å². The van der Waals surface area contributed by atoms with Crippen molar-refractivity contribution in [2.45, 2.75) is 0 Å². The third-order valence-corrected chi connectivity index (χ3v) is 3.58. The summed E-state index contributed by atoms with van der Waals surface area (Å²) in [6.07, 6.45) is 0. The summed E-state index contributed by atoms with van der Waals surface area (Å²) in [7, 11) is 0. The second-order valence-corrected chi connectivity index (χ2v) is 5.05. The van der Waals surface area contributed by atoms with Gasteiger partial charge in [0.25, 0.3) is 0 Å². The summed E-state index contributed by atoms with van der Waals surface area (Å²) in [6.45, 7) is 0. The third-order valence-electron chi connectivity index (χ3n) is 3.58. The summed E-state index contributed by atoms with van der Waals surface area (Å²) in [5, 5.41) is 14.7. The molecule has 3 aromatic rings. The summed E-state index contributed by atoms with van der Waals surface area (Å²) in [6, 6.07) is 18.8. The maximum absolute atomic E-state index is 12.8. The largest absolute Gasteiger partial charge is 0.344 e. The van der Waals surface area contributed by atoms with Crippen LogP contribution in [0.25, 0.3) is 27.4 Å². The topological polar surface area (TPSA) is 114 Å². The number of rotatable bonds is 4. The summed E-state index contributed by atoms with van der Waals surface area (Å²) in [5.41, 5.74) is 8.28. The summed E-state index contributed by atoms with van der Waals surface area (Å²) in [5.74, 6) is 0. The van der Waals surface area contributed by atoms with Crippen LogP contribution in [-0.2, 0) is 0 Å². The van der Waals surface area contributed by atoms with Crippen LogP contribution in [0, 0.1) is 10.1 Å². The van der Waals surface area contributed by atoms with Crippen molar-refractivity contribution in [3.05, 3.63) is 97.6 Å². The number of hydrogen-bond acceptors (Lipinski definition) is 4. The second-order valence-electron chi connectivity index (χ2n) is 5.05. The van der Waals surface area contributed by atoms with Crippen LogP contribution in [0.4, 0.5) is 11.4 Å². The molecule has 0 aliphatic rings. The van der Waals surface area contributed by atoms with Gasteiger partial charge in [0.05, 0.1) is 10.6 Å². The highest BCUT2D eigenvalue weighted by atomic mass is 16.6. The van der Waals surface area contributed by atoms with Crippen LogP contribution in [-0.4, -0.2) is 9.49 Å². The Bertz CT molecular complexity index is 1040. The van der Waals surface area contributed by atoms with E-state index in [1.165, 1.54) is 10.6 Å². The molecule has 0 amide bonds. The molecule has 8 heteroatoms. The summed E-state index contributed by atoms with van der Waals surface area (Å²) < 4.78 is 1.24. The Morgan fingerprint density at radius 2 is 1.64 bits per heavy atom. The SMILES string of the molecule is [N-]=[N+]=Nc1cc(-c2ccccc2)n(-c2ccccc2)c(=O)c1[N+](=O)[O-]. The molecule has 0 aliphatic heterocycles. The Balaban J connectivity index is 2.46. The van der Waals surface area contributed by atoms with Crippen LogP contribution in [0.5, 0.6) is 0 Å². The van der Waals surface area contributed by atoms with E-state index in [1.807, 2.05) is 6.07 Å². The monoisotopic (exact) mass is 333 g/mol. The van der Waals surface area contributed by atoms with Crippen molar-refractivity contribution in [2.75, 3.05) is 0 Å². The van der Waals surface area contributed by atoms with Gasteiger partial charge in [-0.25, -0.2) is 0 Å². The van der Waals surface area contributed by atoms with Crippen molar-refractivity contribution < 1.29 is 4.92 Å². The molecule has 0 bridgehead atoms. The number of nitro groups is 1. The Labute approximate surface area is 141 Å². The molecule has 0 atom stereocenters. The van der Waals surface area contributed by atoms with Crippen LogP contribution >= 0.6 is 0 Å². The Kier molecular flexibility index (Phi) is 4.28. The Morgan fingerprint density at radius 1 is 1.04 bits per heavy atom. The third kappa shape index (κ3) is 2.97. The highest BCUT2D eigenvalue weighted by molar-refractivity contribution is 5.71. The van der Waals surface area contributed by atoms with E-state index in [0.717, 1.165) is 0 Å². The molecule has 0 fully saturated rings. The predicted octanol–water partition coefficient (Wildman–Crippen LogP) is 4.35. The van der Waals surface area contributed by atoms with E-state index in [2.05, 4.69) is 10.0 Å². The van der Waals surface area contributed by atoms with Gasteiger partial charge >= 0.3 is 11.2 Å². The first-order valence-electron chi connectivity index (χ1n) is 7.24. The minimum atomic E-state index is -0.861. The van der Waals surface area contributed by atoms with E-state index in [0.29, 0.717) is 16.9 Å². The number of hydrogen-bond donors (Lipinski definition) is 0. The van der Waals surface area contributed by atoms with Crippen LogP contribution in [0.15, 0.2) is 76.6 Å². The van der Waals surface area contributed by atoms with Gasteiger partial charge in [0.15, 0.2) is 0 Å². The molecule has 8 nitrogen and oxygen atoms in total. The van der Waals surface area contributed by atoms with Crippen molar-refractivity contribution in [1.82, 2.24) is 4.57 Å². The zero-order valence-corrected chi connectivity index (χ0v) is 12.8. The molecule has 0 saturated carbocycles. The zero-order valence-electron chi connectivity index (χ0n) is 12.8. The molecular formula is C17H11N5O3. The second kappa shape index (κ2) is 6.69. The van der Waals surface area contributed by atoms with E-state index < -0.39 is 16.2 Å². The van der Waals surface area contributed by atoms with E-state index in [9.17, 15) is 14.9 Å². The molecule has 0 radical (unpaired) electrons. The Hall–Kier alpha value is -3.90. The molecule has 2 aromatic carbocycles. The van der Waals surface area contributed by atoms with Gasteiger partial charge in [0.1, 0.15) is 5.69 Å². The number of para-hydroxylation sites is 1. The van der Waals surface area contributed by atoms with Gasteiger partial charge in [0.2, 0.25) is 0 Å². The Morgan fingerprint density at radius 3 is 2.20 bits per heavy atom. The quantitative estimate of drug-likeness (QED) is 0.232. The molecule has 1 aromatic heterocycles. The zero-order chi connectivity index (χ0) is 17.8. The van der Waals surface area contributed by atoms with E-state index in [1.54, 1.807) is 54.6 Å². The van der Waals surface area contributed by atoms with Crippen molar-refractivity contribution in [1.29, 1.82) is 0 Å². The van der Waals surface area contributed by atoms with Crippen molar-refractivity contribution >= 4 is 11.4 Å². The molecule has 0 unspecified atom stereocenters. The van der Waals surface area contributed by atoms with Crippen molar-refractivity contribution in [3.8, 4) is 16.9 Å². The maximum Gasteiger partial charge on any atom is 0.344 e. The fraction of sp³-hybridized carbons (Fsp3) is 0. The molecule has 3 rings (SSSR count). The maximum atomic E-state index is 12.8. The minimum Gasteiger partial charge on any atom is -0.271 e. The highest BCUT2D eigenvalue weighted by Crippen LogP contribution is 2.31. The van der Waals surface area contributed by atoms with E-state index >= 15 is 0 Å².